The lowest BCUT2D eigenvalue weighted by Gasteiger charge is -2.10. The third-order valence-electron chi connectivity index (χ3n) is 1.87. The number of benzene rings is 1. The molecule has 0 saturated heterocycles. The van der Waals surface area contributed by atoms with Crippen molar-refractivity contribution in [3.8, 4) is 5.75 Å². The Morgan fingerprint density at radius 1 is 1.67 bits per heavy atom. The number of carbonyl (C=O) groups is 1. The van der Waals surface area contributed by atoms with Gasteiger partial charge >= 0.3 is 0 Å². The van der Waals surface area contributed by atoms with Gasteiger partial charge in [-0.1, -0.05) is 22.9 Å². The Kier molecular flexibility index (Phi) is 4.08. The molecular formula is C10H11BrFNO2. The number of ether oxygens (including phenoxy) is 1. The number of carbonyl (C=O) groups excluding carboxylic acids is 1. The standard InChI is InChI=1S/C10H11BrFNO2/c1-6(10(13)14)5-15-9-4-7(11)2-3-8(9)12/h2-4,6H,5H2,1H3,(H2,13,14). The molecule has 0 aliphatic rings. The molecule has 82 valence electrons. The van der Waals surface area contributed by atoms with Gasteiger partial charge in [0.25, 0.3) is 0 Å². The van der Waals surface area contributed by atoms with Crippen LogP contribution in [-0.2, 0) is 4.79 Å². The Morgan fingerprint density at radius 3 is 2.93 bits per heavy atom. The maximum atomic E-state index is 13.2. The molecule has 1 rings (SSSR count). The Labute approximate surface area is 95.5 Å². The lowest BCUT2D eigenvalue weighted by molar-refractivity contribution is -0.122. The topological polar surface area (TPSA) is 52.3 Å². The van der Waals surface area contributed by atoms with Crippen LogP contribution in [0.5, 0.6) is 5.75 Å². The fraction of sp³-hybridized carbons (Fsp3) is 0.300. The summed E-state index contributed by atoms with van der Waals surface area (Å²) in [7, 11) is 0. The monoisotopic (exact) mass is 275 g/mol. The van der Waals surface area contributed by atoms with Crippen LogP contribution in [0.25, 0.3) is 0 Å². The highest BCUT2D eigenvalue weighted by atomic mass is 79.9. The van der Waals surface area contributed by atoms with Crippen LogP contribution in [0.15, 0.2) is 22.7 Å². The fourth-order valence-electron chi connectivity index (χ4n) is 0.885. The molecule has 0 bridgehead atoms. The largest absolute Gasteiger partial charge is 0.490 e. The second-order valence-corrected chi connectivity index (χ2v) is 4.10. The molecule has 1 unspecified atom stereocenters. The Balaban J connectivity index is 2.65. The van der Waals surface area contributed by atoms with E-state index in [2.05, 4.69) is 15.9 Å². The molecule has 0 saturated carbocycles. The number of primary amides is 1. The van der Waals surface area contributed by atoms with E-state index in [1.165, 1.54) is 12.1 Å². The minimum absolute atomic E-state index is 0.0721. The highest BCUT2D eigenvalue weighted by molar-refractivity contribution is 9.10. The minimum Gasteiger partial charge on any atom is -0.490 e. The first-order valence-corrected chi connectivity index (χ1v) is 5.17. The molecule has 0 spiro atoms. The number of rotatable bonds is 4. The lowest BCUT2D eigenvalue weighted by Crippen LogP contribution is -2.25. The first-order valence-electron chi connectivity index (χ1n) is 4.38. The van der Waals surface area contributed by atoms with Gasteiger partial charge in [0.2, 0.25) is 5.91 Å². The zero-order valence-electron chi connectivity index (χ0n) is 8.17. The Morgan fingerprint density at radius 2 is 2.33 bits per heavy atom. The van der Waals surface area contributed by atoms with Crippen LogP contribution < -0.4 is 10.5 Å². The van der Waals surface area contributed by atoms with Gasteiger partial charge in [0, 0.05) is 4.47 Å². The summed E-state index contributed by atoms with van der Waals surface area (Å²) in [5.74, 6) is -1.26. The van der Waals surface area contributed by atoms with Crippen molar-refractivity contribution >= 4 is 21.8 Å². The van der Waals surface area contributed by atoms with Gasteiger partial charge in [-0.3, -0.25) is 4.79 Å². The van der Waals surface area contributed by atoms with Crippen molar-refractivity contribution in [2.24, 2.45) is 11.7 Å². The van der Waals surface area contributed by atoms with Gasteiger partial charge in [-0.15, -0.1) is 0 Å². The average molecular weight is 276 g/mol. The van der Waals surface area contributed by atoms with Crippen molar-refractivity contribution in [2.75, 3.05) is 6.61 Å². The summed E-state index contributed by atoms with van der Waals surface area (Å²) in [5.41, 5.74) is 5.05. The number of nitrogens with two attached hydrogens (primary N) is 1. The summed E-state index contributed by atoms with van der Waals surface area (Å²) in [6, 6.07) is 4.36. The number of amides is 1. The van der Waals surface area contributed by atoms with Gasteiger partial charge in [0.15, 0.2) is 11.6 Å². The second-order valence-electron chi connectivity index (χ2n) is 3.19. The van der Waals surface area contributed by atoms with Crippen LogP contribution in [0.2, 0.25) is 0 Å². The van der Waals surface area contributed by atoms with Crippen molar-refractivity contribution in [3.63, 3.8) is 0 Å². The second kappa shape index (κ2) is 5.11. The van der Waals surface area contributed by atoms with Gasteiger partial charge < -0.3 is 10.5 Å². The van der Waals surface area contributed by atoms with Gasteiger partial charge in [-0.2, -0.15) is 0 Å². The quantitative estimate of drug-likeness (QED) is 0.915. The average Bonchev–Trinajstić information content (AvgIpc) is 2.18. The molecule has 0 aliphatic carbocycles. The van der Waals surface area contributed by atoms with Crippen molar-refractivity contribution in [2.45, 2.75) is 6.92 Å². The summed E-state index contributed by atoms with van der Waals surface area (Å²) in [6.07, 6.45) is 0. The van der Waals surface area contributed by atoms with Crippen LogP contribution in [0, 0.1) is 11.7 Å². The normalized spacial score (nSPS) is 12.2. The molecule has 1 amide bonds. The Hall–Kier alpha value is -1.10. The molecule has 1 aromatic carbocycles. The van der Waals surface area contributed by atoms with Gasteiger partial charge in [0.1, 0.15) is 0 Å². The highest BCUT2D eigenvalue weighted by Crippen LogP contribution is 2.22. The van der Waals surface area contributed by atoms with Gasteiger partial charge in [-0.05, 0) is 18.2 Å². The third-order valence-corrected chi connectivity index (χ3v) is 2.36. The SMILES string of the molecule is CC(COc1cc(Br)ccc1F)C(N)=O. The number of halogens is 2. The van der Waals surface area contributed by atoms with Crippen molar-refractivity contribution in [1.29, 1.82) is 0 Å². The van der Waals surface area contributed by atoms with E-state index in [1.54, 1.807) is 13.0 Å². The van der Waals surface area contributed by atoms with E-state index >= 15 is 0 Å². The molecule has 0 fully saturated rings. The van der Waals surface area contributed by atoms with E-state index in [9.17, 15) is 9.18 Å². The first-order chi connectivity index (χ1) is 7.00. The maximum Gasteiger partial charge on any atom is 0.223 e. The zero-order chi connectivity index (χ0) is 11.4. The summed E-state index contributed by atoms with van der Waals surface area (Å²) < 4.78 is 19.0. The molecule has 0 radical (unpaired) electrons. The van der Waals surface area contributed by atoms with Crippen molar-refractivity contribution in [1.82, 2.24) is 0 Å². The van der Waals surface area contributed by atoms with E-state index in [0.29, 0.717) is 4.47 Å². The van der Waals surface area contributed by atoms with E-state index in [1.807, 2.05) is 0 Å². The van der Waals surface area contributed by atoms with Gasteiger partial charge in [0.05, 0.1) is 12.5 Å². The van der Waals surface area contributed by atoms with Crippen molar-refractivity contribution < 1.29 is 13.9 Å². The van der Waals surface area contributed by atoms with Crippen LogP contribution in [0.3, 0.4) is 0 Å². The molecule has 0 aliphatic heterocycles. The molecule has 0 aromatic heterocycles. The molecular weight excluding hydrogens is 265 g/mol. The van der Waals surface area contributed by atoms with Gasteiger partial charge in [-0.25, -0.2) is 4.39 Å². The predicted molar refractivity (Wildman–Crippen MR) is 58.0 cm³/mol. The third kappa shape index (κ3) is 3.51. The van der Waals surface area contributed by atoms with Crippen molar-refractivity contribution in [3.05, 3.63) is 28.5 Å². The summed E-state index contributed by atoms with van der Waals surface area (Å²) in [6.45, 7) is 1.70. The Bertz CT molecular complexity index is 370. The van der Waals surface area contributed by atoms with E-state index in [0.717, 1.165) is 0 Å². The summed E-state index contributed by atoms with van der Waals surface area (Å²) >= 11 is 3.19. The number of hydrogen-bond donors (Lipinski definition) is 1. The van der Waals surface area contributed by atoms with E-state index in [4.69, 9.17) is 10.5 Å². The molecule has 5 heteroatoms. The molecule has 1 atom stereocenters. The molecule has 0 heterocycles. The molecule has 1 aromatic rings. The summed E-state index contributed by atoms with van der Waals surface area (Å²) in [4.78, 5) is 10.7. The zero-order valence-corrected chi connectivity index (χ0v) is 9.75. The lowest BCUT2D eigenvalue weighted by atomic mass is 10.2. The number of hydrogen-bond acceptors (Lipinski definition) is 2. The summed E-state index contributed by atoms with van der Waals surface area (Å²) in [5, 5.41) is 0. The van der Waals surface area contributed by atoms with E-state index < -0.39 is 17.6 Å². The minimum atomic E-state index is -0.467. The van der Waals surface area contributed by atoms with Crippen LogP contribution in [0.1, 0.15) is 6.92 Å². The fourth-order valence-corrected chi connectivity index (χ4v) is 1.22. The molecule has 3 nitrogen and oxygen atoms in total. The van der Waals surface area contributed by atoms with Crippen LogP contribution in [-0.4, -0.2) is 12.5 Å². The van der Waals surface area contributed by atoms with Crippen LogP contribution >= 0.6 is 15.9 Å². The molecule has 2 N–H and O–H groups in total. The maximum absolute atomic E-state index is 13.2. The smallest absolute Gasteiger partial charge is 0.223 e. The van der Waals surface area contributed by atoms with E-state index in [-0.39, 0.29) is 12.4 Å². The first kappa shape index (κ1) is 12.0. The highest BCUT2D eigenvalue weighted by Gasteiger charge is 2.11. The van der Waals surface area contributed by atoms with Crippen LogP contribution in [0.4, 0.5) is 4.39 Å². The molecule has 15 heavy (non-hydrogen) atoms. The predicted octanol–water partition coefficient (Wildman–Crippen LogP) is 2.09.